The monoisotopic (exact) mass is 328 g/mol. The highest BCUT2D eigenvalue weighted by molar-refractivity contribution is 6.36. The zero-order valence-electron chi connectivity index (χ0n) is 11.8. The Bertz CT molecular complexity index is 518. The van der Waals surface area contributed by atoms with Gasteiger partial charge < -0.3 is 10.6 Å². The van der Waals surface area contributed by atoms with Gasteiger partial charge in [-0.15, -0.1) is 0 Å². The fourth-order valence-corrected chi connectivity index (χ4v) is 3.21. The van der Waals surface area contributed by atoms with E-state index in [2.05, 4.69) is 10.6 Å². The van der Waals surface area contributed by atoms with E-state index in [9.17, 15) is 9.59 Å². The highest BCUT2D eigenvalue weighted by Gasteiger charge is 2.25. The molecule has 0 spiro atoms. The number of carbonyl (C=O) groups is 2. The Morgan fingerprint density at radius 2 is 2.10 bits per heavy atom. The van der Waals surface area contributed by atoms with E-state index in [0.29, 0.717) is 36.0 Å². The number of amides is 2. The van der Waals surface area contributed by atoms with Crippen LogP contribution in [0.25, 0.3) is 0 Å². The molecule has 0 bridgehead atoms. The van der Waals surface area contributed by atoms with Crippen LogP contribution in [0, 0.1) is 5.92 Å². The minimum Gasteiger partial charge on any atom is -0.355 e. The van der Waals surface area contributed by atoms with Crippen LogP contribution in [0.2, 0.25) is 10.0 Å². The van der Waals surface area contributed by atoms with Gasteiger partial charge in [0.05, 0.1) is 5.92 Å². The van der Waals surface area contributed by atoms with E-state index in [0.717, 1.165) is 5.56 Å². The van der Waals surface area contributed by atoms with Gasteiger partial charge in [0.25, 0.3) is 0 Å². The lowest BCUT2D eigenvalue weighted by atomic mass is 9.97. The molecule has 6 heteroatoms. The number of rotatable bonds is 4. The first-order chi connectivity index (χ1) is 9.99. The summed E-state index contributed by atoms with van der Waals surface area (Å²) in [6.07, 6.45) is 1.00. The summed E-state index contributed by atoms with van der Waals surface area (Å²) in [6.45, 7) is 2.84. The molecule has 1 heterocycles. The van der Waals surface area contributed by atoms with Crippen LogP contribution in [0.1, 0.15) is 31.2 Å². The zero-order chi connectivity index (χ0) is 15.4. The maximum Gasteiger partial charge on any atom is 0.224 e. The van der Waals surface area contributed by atoms with Gasteiger partial charge in [-0.3, -0.25) is 9.59 Å². The second kappa shape index (κ2) is 7.14. The van der Waals surface area contributed by atoms with E-state index in [1.54, 1.807) is 18.2 Å². The predicted octanol–water partition coefficient (Wildman–Crippen LogP) is 2.74. The van der Waals surface area contributed by atoms with Crippen LogP contribution in [0.15, 0.2) is 18.2 Å². The van der Waals surface area contributed by atoms with Gasteiger partial charge >= 0.3 is 0 Å². The van der Waals surface area contributed by atoms with Gasteiger partial charge in [0.15, 0.2) is 0 Å². The molecule has 0 aliphatic carbocycles. The topological polar surface area (TPSA) is 58.2 Å². The van der Waals surface area contributed by atoms with Gasteiger partial charge in [0, 0.05) is 35.5 Å². The lowest BCUT2D eigenvalue weighted by Gasteiger charge is -2.23. The molecule has 1 fully saturated rings. The summed E-state index contributed by atoms with van der Waals surface area (Å²) in [4.78, 5) is 23.2. The zero-order valence-corrected chi connectivity index (χ0v) is 13.3. The van der Waals surface area contributed by atoms with E-state index < -0.39 is 0 Å². The number of nitrogens with one attached hydrogen (secondary N) is 2. The van der Waals surface area contributed by atoms with Crippen LogP contribution >= 0.6 is 23.2 Å². The summed E-state index contributed by atoms with van der Waals surface area (Å²) >= 11 is 12.3. The fraction of sp³-hybridized carbons (Fsp3) is 0.467. The van der Waals surface area contributed by atoms with Crippen LogP contribution < -0.4 is 10.6 Å². The third-order valence-electron chi connectivity index (χ3n) is 3.71. The molecule has 1 aliphatic rings. The Morgan fingerprint density at radius 3 is 2.67 bits per heavy atom. The summed E-state index contributed by atoms with van der Waals surface area (Å²) in [6, 6.07) is 5.37. The van der Waals surface area contributed by atoms with Crippen molar-refractivity contribution < 1.29 is 9.59 Å². The Labute approximate surface area is 134 Å². The van der Waals surface area contributed by atoms with Crippen LogP contribution in [-0.2, 0) is 9.59 Å². The standard InChI is InChI=1S/C15H18Cl2N2O2/c1-9(14-11(16)3-2-4-12(14)17)7-19-15(21)10-5-6-13(20)18-8-10/h2-4,9-10H,5-8H2,1H3,(H,18,20)(H,19,21)/t9-,10-/m1/s1. The molecule has 2 rings (SSSR count). The molecular weight excluding hydrogens is 311 g/mol. The highest BCUT2D eigenvalue weighted by atomic mass is 35.5. The minimum absolute atomic E-state index is 0.00951. The lowest BCUT2D eigenvalue weighted by molar-refractivity contribution is -0.128. The molecule has 0 unspecified atom stereocenters. The normalized spacial score (nSPS) is 19.8. The second-order valence-corrected chi connectivity index (χ2v) is 6.14. The molecule has 21 heavy (non-hydrogen) atoms. The Morgan fingerprint density at radius 1 is 1.43 bits per heavy atom. The molecule has 1 saturated heterocycles. The van der Waals surface area contributed by atoms with E-state index >= 15 is 0 Å². The first kappa shape index (κ1) is 16.1. The third kappa shape index (κ3) is 4.11. The lowest BCUT2D eigenvalue weighted by Crippen LogP contribution is -2.43. The van der Waals surface area contributed by atoms with E-state index in [1.165, 1.54) is 0 Å². The number of hydrogen-bond acceptors (Lipinski definition) is 2. The number of benzene rings is 1. The van der Waals surface area contributed by atoms with Crippen molar-refractivity contribution in [3.05, 3.63) is 33.8 Å². The first-order valence-electron chi connectivity index (χ1n) is 6.97. The first-order valence-corrected chi connectivity index (χ1v) is 7.73. The van der Waals surface area contributed by atoms with Crippen LogP contribution in [0.3, 0.4) is 0 Å². The SMILES string of the molecule is C[C@H](CNC(=O)[C@@H]1CCC(=O)NC1)c1c(Cl)cccc1Cl. The third-order valence-corrected chi connectivity index (χ3v) is 4.37. The summed E-state index contributed by atoms with van der Waals surface area (Å²) in [5.41, 5.74) is 0.845. The van der Waals surface area contributed by atoms with Gasteiger partial charge in [-0.25, -0.2) is 0 Å². The molecule has 2 atom stereocenters. The van der Waals surface area contributed by atoms with Crippen molar-refractivity contribution >= 4 is 35.0 Å². The molecule has 0 radical (unpaired) electrons. The average Bonchev–Trinajstić information content (AvgIpc) is 2.45. The largest absolute Gasteiger partial charge is 0.355 e. The molecule has 114 valence electrons. The maximum atomic E-state index is 12.1. The highest BCUT2D eigenvalue weighted by Crippen LogP contribution is 2.31. The summed E-state index contributed by atoms with van der Waals surface area (Å²) in [5.74, 6) is -0.162. The van der Waals surface area contributed by atoms with Gasteiger partial charge in [0.1, 0.15) is 0 Å². The van der Waals surface area contributed by atoms with Crippen LogP contribution in [0.4, 0.5) is 0 Å². The smallest absolute Gasteiger partial charge is 0.224 e. The maximum absolute atomic E-state index is 12.1. The Balaban J connectivity index is 1.90. The number of piperidine rings is 1. The fourth-order valence-electron chi connectivity index (χ4n) is 2.44. The summed E-state index contributed by atoms with van der Waals surface area (Å²) < 4.78 is 0. The molecule has 1 aromatic rings. The van der Waals surface area contributed by atoms with Crippen molar-refractivity contribution in [2.24, 2.45) is 5.92 Å². The molecule has 1 aromatic carbocycles. The van der Waals surface area contributed by atoms with Crippen LogP contribution in [-0.4, -0.2) is 24.9 Å². The Hall–Kier alpha value is -1.26. The number of hydrogen-bond donors (Lipinski definition) is 2. The average molecular weight is 329 g/mol. The van der Waals surface area contributed by atoms with Crippen molar-refractivity contribution in [1.82, 2.24) is 10.6 Å². The van der Waals surface area contributed by atoms with Crippen molar-refractivity contribution in [3.63, 3.8) is 0 Å². The van der Waals surface area contributed by atoms with Gasteiger partial charge in [-0.2, -0.15) is 0 Å². The number of carbonyl (C=O) groups excluding carboxylic acids is 2. The van der Waals surface area contributed by atoms with Gasteiger partial charge in [-0.05, 0) is 24.1 Å². The molecule has 1 aliphatic heterocycles. The number of halogens is 2. The molecule has 0 aromatic heterocycles. The molecule has 2 amide bonds. The quantitative estimate of drug-likeness (QED) is 0.892. The van der Waals surface area contributed by atoms with Crippen molar-refractivity contribution in [2.75, 3.05) is 13.1 Å². The van der Waals surface area contributed by atoms with Gasteiger partial charge in [0.2, 0.25) is 11.8 Å². The minimum atomic E-state index is -0.156. The van der Waals surface area contributed by atoms with Crippen LogP contribution in [0.5, 0.6) is 0 Å². The Kier molecular flexibility index (Phi) is 5.48. The van der Waals surface area contributed by atoms with Crippen molar-refractivity contribution in [3.8, 4) is 0 Å². The van der Waals surface area contributed by atoms with Crippen molar-refractivity contribution in [1.29, 1.82) is 0 Å². The molecule has 4 nitrogen and oxygen atoms in total. The van der Waals surface area contributed by atoms with Gasteiger partial charge in [-0.1, -0.05) is 36.2 Å². The predicted molar refractivity (Wildman–Crippen MR) is 83.6 cm³/mol. The molecule has 0 saturated carbocycles. The van der Waals surface area contributed by atoms with E-state index in [1.807, 2.05) is 6.92 Å². The summed E-state index contributed by atoms with van der Waals surface area (Å²) in [5, 5.41) is 6.83. The van der Waals surface area contributed by atoms with Crippen molar-refractivity contribution in [2.45, 2.75) is 25.7 Å². The second-order valence-electron chi connectivity index (χ2n) is 5.32. The van der Waals surface area contributed by atoms with E-state index in [-0.39, 0.29) is 23.7 Å². The molecular formula is C15H18Cl2N2O2. The molecule has 2 N–H and O–H groups in total. The van der Waals surface area contributed by atoms with E-state index in [4.69, 9.17) is 23.2 Å². The summed E-state index contributed by atoms with van der Waals surface area (Å²) in [7, 11) is 0.